The van der Waals surface area contributed by atoms with E-state index in [1.54, 1.807) is 0 Å². The zero-order valence-electron chi connectivity index (χ0n) is 28.4. The third-order valence-electron chi connectivity index (χ3n) is 7.23. The van der Waals surface area contributed by atoms with Crippen LogP contribution in [0.1, 0.15) is 29.5 Å². The molecule has 0 aliphatic carbocycles. The first kappa shape index (κ1) is 40.4. The molecular weight excluding hydrogens is 648 g/mol. The van der Waals surface area contributed by atoms with Crippen LogP contribution >= 0.6 is 0 Å². The predicted octanol–water partition coefficient (Wildman–Crippen LogP) is 4.07. The molecule has 0 unspecified atom stereocenters. The molecule has 0 aliphatic heterocycles. The number of esters is 1. The van der Waals surface area contributed by atoms with Gasteiger partial charge in [-0.1, -0.05) is 91.0 Å². The maximum absolute atomic E-state index is 11.4. The minimum atomic E-state index is -1.56. The van der Waals surface area contributed by atoms with Gasteiger partial charge in [0.1, 0.15) is 12.2 Å². The molecule has 3 aromatic rings. The number of benzene rings is 3. The molecule has 1 N–H and O–H groups in total. The third-order valence-corrected chi connectivity index (χ3v) is 7.23. The molecule has 0 saturated carbocycles. The van der Waals surface area contributed by atoms with Crippen LogP contribution in [0.2, 0.25) is 0 Å². The Morgan fingerprint density at radius 3 is 1.10 bits per heavy atom. The Labute approximate surface area is 293 Å². The van der Waals surface area contributed by atoms with Crippen LogP contribution < -0.4 is 0 Å². The first-order valence-electron chi connectivity index (χ1n) is 16.7. The van der Waals surface area contributed by atoms with E-state index in [1.165, 1.54) is 0 Å². The molecule has 0 heterocycles. The number of carboxylic acid groups (broad SMARTS) is 1. The number of hydrogen-bond donors (Lipinski definition) is 1. The molecule has 0 spiro atoms. The molecule has 272 valence electrons. The quantitative estimate of drug-likeness (QED) is 0.0483. The largest absolute Gasteiger partial charge is 0.476 e. The molecule has 0 atom stereocenters. The summed E-state index contributed by atoms with van der Waals surface area (Å²) in [7, 11) is 0. The fourth-order valence-corrected chi connectivity index (χ4v) is 4.83. The number of aliphatic carboxylic acids is 1. The smallest absolute Gasteiger partial charge is 0.372 e. The van der Waals surface area contributed by atoms with Crippen molar-refractivity contribution in [3.05, 3.63) is 108 Å². The van der Waals surface area contributed by atoms with Crippen molar-refractivity contribution in [1.82, 2.24) is 0 Å². The van der Waals surface area contributed by atoms with E-state index in [2.05, 4.69) is 36.4 Å². The van der Waals surface area contributed by atoms with Crippen molar-refractivity contribution >= 4 is 17.7 Å². The van der Waals surface area contributed by atoms with Gasteiger partial charge in [-0.25, -0.2) is 4.79 Å². The van der Waals surface area contributed by atoms with Crippen molar-refractivity contribution in [2.45, 2.75) is 18.4 Å². The van der Waals surface area contributed by atoms with Crippen molar-refractivity contribution in [2.24, 2.45) is 0 Å². The summed E-state index contributed by atoms with van der Waals surface area (Å²) >= 11 is 0. The molecule has 0 saturated heterocycles. The lowest BCUT2D eigenvalue weighted by molar-refractivity contribution is -0.151. The minimum absolute atomic E-state index is 0.0126. The van der Waals surface area contributed by atoms with Gasteiger partial charge >= 0.3 is 11.9 Å². The van der Waals surface area contributed by atoms with Crippen molar-refractivity contribution in [3.8, 4) is 0 Å². The second kappa shape index (κ2) is 25.0. The summed E-state index contributed by atoms with van der Waals surface area (Å²) in [6.07, 6.45) is -0.661. The Hall–Kier alpha value is -4.01. The van der Waals surface area contributed by atoms with E-state index in [9.17, 15) is 14.4 Å². The van der Waals surface area contributed by atoms with E-state index >= 15 is 0 Å². The van der Waals surface area contributed by atoms with E-state index in [-0.39, 0.29) is 26.1 Å². The van der Waals surface area contributed by atoms with Crippen LogP contribution in [0.25, 0.3) is 0 Å². The summed E-state index contributed by atoms with van der Waals surface area (Å²) in [5, 5.41) is 8.47. The lowest BCUT2D eigenvalue weighted by Crippen LogP contribution is -2.34. The van der Waals surface area contributed by atoms with E-state index in [1.807, 2.05) is 54.6 Å². The fourth-order valence-electron chi connectivity index (χ4n) is 4.83. The number of carbonyl (C=O) groups excluding carboxylic acids is 2. The number of ether oxygens (including phenoxy) is 8. The summed E-state index contributed by atoms with van der Waals surface area (Å²) < 4.78 is 44.7. The summed E-state index contributed by atoms with van der Waals surface area (Å²) in [6, 6.07) is 30.7. The van der Waals surface area contributed by atoms with Gasteiger partial charge in [0.05, 0.1) is 92.3 Å². The van der Waals surface area contributed by atoms with E-state index in [4.69, 9.17) is 43.0 Å². The molecule has 0 fully saturated rings. The highest BCUT2D eigenvalue weighted by Crippen LogP contribution is 2.40. The average Bonchev–Trinajstić information content (AvgIpc) is 3.15. The van der Waals surface area contributed by atoms with E-state index in [0.717, 1.165) is 16.7 Å². The average molecular weight is 697 g/mol. The maximum atomic E-state index is 11.4. The lowest BCUT2D eigenvalue weighted by atomic mass is 9.80. The third kappa shape index (κ3) is 15.3. The Kier molecular flexibility index (Phi) is 20.2. The molecule has 12 heteroatoms. The zero-order chi connectivity index (χ0) is 35.5. The number of rotatable bonds is 29. The van der Waals surface area contributed by atoms with Crippen molar-refractivity contribution in [3.63, 3.8) is 0 Å². The highest BCUT2D eigenvalue weighted by molar-refractivity contribution is 6.32. The van der Waals surface area contributed by atoms with Gasteiger partial charge in [-0.2, -0.15) is 0 Å². The maximum Gasteiger partial charge on any atom is 0.372 e. The Bertz CT molecular complexity index is 1240. The first-order chi connectivity index (χ1) is 24.5. The minimum Gasteiger partial charge on any atom is -0.476 e. The van der Waals surface area contributed by atoms with Crippen LogP contribution in [0.5, 0.6) is 0 Å². The monoisotopic (exact) mass is 696 g/mol. The number of carboxylic acids is 1. The summed E-state index contributed by atoms with van der Waals surface area (Å²) in [5.74, 6) is -3.24. The Balaban J connectivity index is 1.14. The standard InChI is InChI=1S/C38H48O12/c39-35(37(41)42)16-17-36(40)49-30-28-47-26-24-45-22-20-43-18-19-44-21-23-46-25-27-48-29-31-50-38(32-10-4-1-5-11-32,33-12-6-2-7-13-33)34-14-8-3-9-15-34/h1-15H,16-31H2,(H,41,42). The van der Waals surface area contributed by atoms with Gasteiger partial charge in [-0.05, 0) is 16.7 Å². The van der Waals surface area contributed by atoms with Crippen molar-refractivity contribution in [1.29, 1.82) is 0 Å². The van der Waals surface area contributed by atoms with Gasteiger partial charge in [-0.15, -0.1) is 0 Å². The van der Waals surface area contributed by atoms with Crippen LogP contribution in [-0.4, -0.2) is 115 Å². The van der Waals surface area contributed by atoms with Gasteiger partial charge < -0.3 is 43.0 Å². The molecule has 0 amide bonds. The van der Waals surface area contributed by atoms with Gasteiger partial charge in [0.25, 0.3) is 0 Å². The SMILES string of the molecule is O=C(CCC(=O)C(=O)O)OCCOCCOCCOCCOCCOCCOCCOC(c1ccccc1)(c1ccccc1)c1ccccc1. The predicted molar refractivity (Wildman–Crippen MR) is 183 cm³/mol. The first-order valence-corrected chi connectivity index (χ1v) is 16.7. The van der Waals surface area contributed by atoms with Gasteiger partial charge in [0.2, 0.25) is 5.78 Å². The lowest BCUT2D eigenvalue weighted by Gasteiger charge is -2.36. The van der Waals surface area contributed by atoms with Gasteiger partial charge in [0, 0.05) is 6.42 Å². The molecule has 0 bridgehead atoms. The summed E-state index contributed by atoms with van der Waals surface area (Å²) in [5.41, 5.74) is 2.38. The van der Waals surface area contributed by atoms with E-state index < -0.39 is 23.3 Å². The number of Topliss-reactive ketones (excluding diaryl/α,β-unsaturated/α-hetero) is 1. The van der Waals surface area contributed by atoms with Crippen LogP contribution in [0.3, 0.4) is 0 Å². The normalized spacial score (nSPS) is 11.4. The molecule has 0 radical (unpaired) electrons. The molecular formula is C38H48O12. The zero-order valence-corrected chi connectivity index (χ0v) is 28.4. The molecule has 0 aromatic heterocycles. The van der Waals surface area contributed by atoms with Crippen LogP contribution in [-0.2, 0) is 57.9 Å². The Morgan fingerprint density at radius 1 is 0.440 bits per heavy atom. The van der Waals surface area contributed by atoms with Gasteiger partial charge in [0.15, 0.2) is 0 Å². The van der Waals surface area contributed by atoms with Crippen LogP contribution in [0.4, 0.5) is 0 Å². The molecule has 12 nitrogen and oxygen atoms in total. The van der Waals surface area contributed by atoms with Crippen molar-refractivity contribution in [2.75, 3.05) is 92.5 Å². The van der Waals surface area contributed by atoms with Crippen LogP contribution in [0.15, 0.2) is 91.0 Å². The van der Waals surface area contributed by atoms with Crippen LogP contribution in [0, 0.1) is 0 Å². The Morgan fingerprint density at radius 2 is 0.760 bits per heavy atom. The fraction of sp³-hybridized carbons (Fsp3) is 0.447. The van der Waals surface area contributed by atoms with E-state index in [0.29, 0.717) is 79.3 Å². The number of hydrogen-bond acceptors (Lipinski definition) is 11. The highest BCUT2D eigenvalue weighted by atomic mass is 16.6. The highest BCUT2D eigenvalue weighted by Gasteiger charge is 2.37. The molecule has 50 heavy (non-hydrogen) atoms. The van der Waals surface area contributed by atoms with Gasteiger partial charge in [-0.3, -0.25) is 9.59 Å². The molecule has 3 aromatic carbocycles. The molecule has 3 rings (SSSR count). The second-order valence-electron chi connectivity index (χ2n) is 10.8. The number of ketones is 1. The summed E-state index contributed by atoms with van der Waals surface area (Å²) in [4.78, 5) is 32.8. The second-order valence-corrected chi connectivity index (χ2v) is 10.8. The topological polar surface area (TPSA) is 145 Å². The summed E-state index contributed by atoms with van der Waals surface area (Å²) in [6.45, 7) is 5.14. The molecule has 0 aliphatic rings. The van der Waals surface area contributed by atoms with Crippen molar-refractivity contribution < 1.29 is 57.4 Å². The number of carbonyl (C=O) groups is 3.